The van der Waals surface area contributed by atoms with Crippen LogP contribution in [-0.4, -0.2) is 53.9 Å². The summed E-state index contributed by atoms with van der Waals surface area (Å²) < 4.78 is 21.7. The van der Waals surface area contributed by atoms with Gasteiger partial charge in [-0.15, -0.1) is 0 Å². The second-order valence-corrected chi connectivity index (χ2v) is 7.20. The summed E-state index contributed by atoms with van der Waals surface area (Å²) >= 11 is 0. The zero-order valence-electron chi connectivity index (χ0n) is 9.97. The zero-order chi connectivity index (χ0) is 13.3. The van der Waals surface area contributed by atoms with Gasteiger partial charge in [-0.05, 0) is 26.7 Å². The van der Waals surface area contributed by atoms with Crippen molar-refractivity contribution >= 4 is 21.7 Å². The van der Waals surface area contributed by atoms with E-state index < -0.39 is 32.2 Å². The van der Waals surface area contributed by atoms with Gasteiger partial charge < -0.3 is 10.0 Å². The Kier molecular flexibility index (Phi) is 3.81. The van der Waals surface area contributed by atoms with Crippen molar-refractivity contribution in [2.45, 2.75) is 31.4 Å². The van der Waals surface area contributed by atoms with Crippen LogP contribution >= 0.6 is 0 Å². The summed E-state index contributed by atoms with van der Waals surface area (Å²) in [5, 5.41) is 8.85. The highest BCUT2D eigenvalue weighted by Gasteiger charge is 2.43. The fraction of sp³-hybridized carbons (Fsp3) is 0.800. The quantitative estimate of drug-likeness (QED) is 0.764. The molecule has 1 amide bonds. The van der Waals surface area contributed by atoms with Crippen molar-refractivity contribution < 1.29 is 23.1 Å². The number of carbonyl (C=O) groups is 2. The minimum Gasteiger partial charge on any atom is -0.480 e. The summed E-state index contributed by atoms with van der Waals surface area (Å²) in [5.74, 6) is -2.67. The molecule has 1 fully saturated rings. The van der Waals surface area contributed by atoms with Gasteiger partial charge in [0, 0.05) is 13.1 Å². The molecule has 98 valence electrons. The Bertz CT molecular complexity index is 420. The molecule has 0 radical (unpaired) electrons. The molecule has 0 saturated carbocycles. The highest BCUT2D eigenvalue weighted by Crippen LogP contribution is 2.19. The molecule has 0 aliphatic carbocycles. The molecule has 1 aliphatic rings. The largest absolute Gasteiger partial charge is 0.480 e. The number of amides is 1. The summed E-state index contributed by atoms with van der Waals surface area (Å²) in [4.78, 5) is 24.0. The van der Waals surface area contributed by atoms with E-state index in [1.165, 1.54) is 4.90 Å². The van der Waals surface area contributed by atoms with E-state index in [2.05, 4.69) is 0 Å². The highest BCUT2D eigenvalue weighted by molar-refractivity contribution is 7.94. The van der Waals surface area contributed by atoms with Crippen molar-refractivity contribution in [3.8, 4) is 0 Å². The van der Waals surface area contributed by atoms with Gasteiger partial charge in [-0.2, -0.15) is 0 Å². The topological polar surface area (TPSA) is 91.7 Å². The maximum atomic E-state index is 11.8. The second kappa shape index (κ2) is 4.64. The fourth-order valence-electron chi connectivity index (χ4n) is 1.53. The van der Waals surface area contributed by atoms with Gasteiger partial charge in [0.05, 0.1) is 0 Å². The van der Waals surface area contributed by atoms with Crippen molar-refractivity contribution in [3.63, 3.8) is 0 Å². The molecule has 1 aliphatic heterocycles. The molecule has 0 spiro atoms. The Morgan fingerprint density at radius 1 is 1.24 bits per heavy atom. The van der Waals surface area contributed by atoms with Gasteiger partial charge in [0.25, 0.3) is 0 Å². The lowest BCUT2D eigenvalue weighted by molar-refractivity contribution is -0.139. The van der Waals surface area contributed by atoms with Crippen molar-refractivity contribution in [1.29, 1.82) is 0 Å². The van der Waals surface area contributed by atoms with E-state index in [4.69, 9.17) is 5.11 Å². The first kappa shape index (κ1) is 14.0. The van der Waals surface area contributed by atoms with Gasteiger partial charge in [-0.3, -0.25) is 9.59 Å². The Labute approximate surface area is 101 Å². The molecule has 1 N–H and O–H groups in total. The molecule has 0 atom stereocenters. The van der Waals surface area contributed by atoms with E-state index >= 15 is 0 Å². The van der Waals surface area contributed by atoms with Gasteiger partial charge >= 0.3 is 5.97 Å². The predicted octanol–water partition coefficient (Wildman–Crippen LogP) is -0.113. The van der Waals surface area contributed by atoms with E-state index in [-0.39, 0.29) is 0 Å². The molecule has 1 saturated heterocycles. The van der Waals surface area contributed by atoms with Crippen LogP contribution in [0, 0.1) is 0 Å². The number of aliphatic carboxylic acids is 1. The zero-order valence-corrected chi connectivity index (χ0v) is 10.8. The highest BCUT2D eigenvalue weighted by atomic mass is 32.2. The minimum absolute atomic E-state index is 0.503. The number of rotatable bonds is 4. The molecule has 0 aromatic heterocycles. The number of sulfone groups is 1. The van der Waals surface area contributed by atoms with Gasteiger partial charge in [0.15, 0.2) is 14.6 Å². The predicted molar refractivity (Wildman–Crippen MR) is 61.3 cm³/mol. The van der Waals surface area contributed by atoms with Crippen LogP contribution < -0.4 is 0 Å². The van der Waals surface area contributed by atoms with Crippen molar-refractivity contribution in [3.05, 3.63) is 0 Å². The number of nitrogens with zero attached hydrogens (tertiary/aromatic N) is 1. The van der Waals surface area contributed by atoms with Crippen LogP contribution in [0.25, 0.3) is 0 Å². The number of carbonyl (C=O) groups excluding carboxylic acids is 1. The van der Waals surface area contributed by atoms with Gasteiger partial charge in [-0.1, -0.05) is 0 Å². The summed E-state index contributed by atoms with van der Waals surface area (Å²) in [6.07, 6.45) is 1.74. The fourth-order valence-corrected chi connectivity index (χ4v) is 2.67. The van der Waals surface area contributed by atoms with E-state index in [1.807, 2.05) is 0 Å². The maximum Gasteiger partial charge on any atom is 0.324 e. The van der Waals surface area contributed by atoms with Crippen LogP contribution in [0.4, 0.5) is 0 Å². The first-order valence-electron chi connectivity index (χ1n) is 5.42. The van der Waals surface area contributed by atoms with Crippen molar-refractivity contribution in [2.24, 2.45) is 0 Å². The Balaban J connectivity index is 2.79. The summed E-state index contributed by atoms with van der Waals surface area (Å²) in [5.41, 5.74) is 0. The second-order valence-electron chi connectivity index (χ2n) is 4.66. The van der Waals surface area contributed by atoms with Crippen LogP contribution in [0.5, 0.6) is 0 Å². The lowest BCUT2D eigenvalue weighted by Gasteiger charge is -2.21. The monoisotopic (exact) mass is 263 g/mol. The van der Waals surface area contributed by atoms with Gasteiger partial charge in [0.2, 0.25) is 5.91 Å². The van der Waals surface area contributed by atoms with Crippen LogP contribution in [0.15, 0.2) is 0 Å². The smallest absolute Gasteiger partial charge is 0.324 e. The van der Waals surface area contributed by atoms with Crippen LogP contribution in [0.2, 0.25) is 0 Å². The third kappa shape index (κ3) is 2.77. The molecular formula is C10H17NO5S. The minimum atomic E-state index is -3.99. The van der Waals surface area contributed by atoms with Crippen molar-refractivity contribution in [1.82, 2.24) is 4.90 Å². The number of hydrogen-bond donors (Lipinski definition) is 1. The Morgan fingerprint density at radius 3 is 2.12 bits per heavy atom. The first-order valence-corrected chi connectivity index (χ1v) is 7.07. The molecule has 0 bridgehead atoms. The van der Waals surface area contributed by atoms with Crippen LogP contribution in [0.1, 0.15) is 26.7 Å². The summed E-state index contributed by atoms with van der Waals surface area (Å²) in [6.45, 7) is 3.31. The lowest BCUT2D eigenvalue weighted by Crippen LogP contribution is -2.46. The molecule has 0 aromatic rings. The Morgan fingerprint density at radius 2 is 1.71 bits per heavy atom. The molecule has 1 rings (SSSR count). The average Bonchev–Trinajstić information content (AvgIpc) is 2.68. The van der Waals surface area contributed by atoms with Gasteiger partial charge in [0.1, 0.15) is 5.75 Å². The molecule has 6 nitrogen and oxygen atoms in total. The Hall–Kier alpha value is -1.11. The molecule has 0 unspecified atom stereocenters. The third-order valence-electron chi connectivity index (χ3n) is 3.06. The SMILES string of the molecule is CC(C)(C(=O)O)S(=O)(=O)CC(=O)N1CCCC1. The van der Waals surface area contributed by atoms with Crippen LogP contribution in [-0.2, 0) is 19.4 Å². The molecular weight excluding hydrogens is 246 g/mol. The average molecular weight is 263 g/mol. The molecule has 0 aromatic carbocycles. The van der Waals surface area contributed by atoms with E-state index in [0.717, 1.165) is 26.7 Å². The number of carboxylic acids is 1. The molecule has 1 heterocycles. The number of hydrogen-bond acceptors (Lipinski definition) is 4. The van der Waals surface area contributed by atoms with Crippen LogP contribution in [0.3, 0.4) is 0 Å². The summed E-state index contributed by atoms with van der Waals surface area (Å²) in [6, 6.07) is 0. The molecule has 7 heteroatoms. The number of likely N-dealkylation sites (tertiary alicyclic amines) is 1. The first-order chi connectivity index (χ1) is 7.68. The molecule has 17 heavy (non-hydrogen) atoms. The van der Waals surface area contributed by atoms with E-state index in [0.29, 0.717) is 13.1 Å². The van der Waals surface area contributed by atoms with E-state index in [1.54, 1.807) is 0 Å². The lowest BCUT2D eigenvalue weighted by atomic mass is 10.2. The summed E-state index contributed by atoms with van der Waals surface area (Å²) in [7, 11) is -3.99. The third-order valence-corrected chi connectivity index (χ3v) is 5.42. The normalized spacial score (nSPS) is 17.2. The number of carboxylic acid groups (broad SMARTS) is 1. The van der Waals surface area contributed by atoms with Crippen molar-refractivity contribution in [2.75, 3.05) is 18.8 Å². The van der Waals surface area contributed by atoms with E-state index in [9.17, 15) is 18.0 Å². The maximum absolute atomic E-state index is 11.8. The standard InChI is InChI=1S/C10H17NO5S/c1-10(2,9(13)14)17(15,16)7-8(12)11-5-3-4-6-11/h3-7H2,1-2H3,(H,13,14). The van der Waals surface area contributed by atoms with Gasteiger partial charge in [-0.25, -0.2) is 8.42 Å².